The van der Waals surface area contributed by atoms with Gasteiger partial charge in [-0.05, 0) is 17.7 Å². The van der Waals surface area contributed by atoms with Gasteiger partial charge in [0.1, 0.15) is 0 Å². The monoisotopic (exact) mass is 422 g/mol. The molecule has 1 fully saturated rings. The molecular formula is C14H19BrN2O6S. The van der Waals surface area contributed by atoms with Gasteiger partial charge in [0.15, 0.2) is 0 Å². The lowest BCUT2D eigenvalue weighted by Crippen LogP contribution is -2.47. The van der Waals surface area contributed by atoms with E-state index in [2.05, 4.69) is 33.0 Å². The van der Waals surface area contributed by atoms with E-state index in [4.69, 9.17) is 19.8 Å². The number of carboxylic acids is 2. The van der Waals surface area contributed by atoms with E-state index in [0.717, 1.165) is 24.1 Å². The van der Waals surface area contributed by atoms with Crippen molar-refractivity contribution in [1.29, 1.82) is 0 Å². The minimum Gasteiger partial charge on any atom is -0.473 e. The van der Waals surface area contributed by atoms with Crippen molar-refractivity contribution < 1.29 is 28.2 Å². The first-order chi connectivity index (χ1) is 11.1. The van der Waals surface area contributed by atoms with Crippen molar-refractivity contribution >= 4 is 37.9 Å². The fraction of sp³-hybridized carbons (Fsp3) is 0.429. The molecule has 2 rings (SSSR count). The van der Waals surface area contributed by atoms with Gasteiger partial charge in [0.05, 0.1) is 6.26 Å². The molecule has 0 radical (unpaired) electrons. The van der Waals surface area contributed by atoms with Crippen LogP contribution in [0.5, 0.6) is 0 Å². The second kappa shape index (κ2) is 9.11. The van der Waals surface area contributed by atoms with Crippen LogP contribution in [0.3, 0.4) is 0 Å². The molecule has 0 aliphatic carbocycles. The van der Waals surface area contributed by atoms with E-state index in [0.29, 0.717) is 13.1 Å². The molecule has 1 aromatic carbocycles. The summed E-state index contributed by atoms with van der Waals surface area (Å²) in [5.41, 5.74) is 1.26. The average molecular weight is 423 g/mol. The molecule has 1 saturated heterocycles. The molecule has 2 N–H and O–H groups in total. The summed E-state index contributed by atoms with van der Waals surface area (Å²) in [5.74, 6) is -3.65. The number of rotatable bonds is 3. The Hall–Kier alpha value is -1.49. The quantitative estimate of drug-likeness (QED) is 0.687. The zero-order chi connectivity index (χ0) is 18.3. The fourth-order valence-corrected chi connectivity index (χ4v) is 3.16. The van der Waals surface area contributed by atoms with Gasteiger partial charge in [-0.1, -0.05) is 28.1 Å². The maximum atomic E-state index is 11.4. The minimum absolute atomic E-state index is 0.593. The van der Waals surface area contributed by atoms with Crippen LogP contribution in [-0.4, -0.2) is 72.2 Å². The number of benzene rings is 1. The number of carboxylic acid groups (broad SMARTS) is 2. The second-order valence-electron chi connectivity index (χ2n) is 5.17. The third-order valence-electron chi connectivity index (χ3n) is 3.30. The third-order valence-corrected chi connectivity index (χ3v) is 5.13. The van der Waals surface area contributed by atoms with Crippen LogP contribution in [0.1, 0.15) is 5.56 Å². The van der Waals surface area contributed by atoms with Crippen molar-refractivity contribution in [2.45, 2.75) is 6.54 Å². The highest BCUT2D eigenvalue weighted by Crippen LogP contribution is 2.14. The van der Waals surface area contributed by atoms with E-state index < -0.39 is 22.0 Å². The highest BCUT2D eigenvalue weighted by atomic mass is 79.9. The minimum atomic E-state index is -3.03. The van der Waals surface area contributed by atoms with Crippen LogP contribution in [0.15, 0.2) is 28.7 Å². The van der Waals surface area contributed by atoms with E-state index in [1.807, 2.05) is 12.1 Å². The Morgan fingerprint density at radius 2 is 1.50 bits per heavy atom. The molecule has 1 aliphatic heterocycles. The molecule has 1 aliphatic rings. The Morgan fingerprint density at radius 1 is 1.04 bits per heavy atom. The normalized spacial score (nSPS) is 16.1. The first kappa shape index (κ1) is 20.6. The lowest BCUT2D eigenvalue weighted by Gasteiger charge is -2.33. The number of halogens is 1. The Kier molecular flexibility index (Phi) is 7.80. The summed E-state index contributed by atoms with van der Waals surface area (Å²) in [7, 11) is -3.03. The standard InChI is InChI=1S/C12H17BrN2O2S.C2H2O4/c1-18(16,17)15-8-6-14(7-9-15)10-11-2-4-12(13)5-3-11;3-1(4)2(5)6/h2-5H,6-10H2,1H3;(H,3,4)(H,5,6). The molecule has 1 aromatic rings. The van der Waals surface area contributed by atoms with E-state index in [1.54, 1.807) is 4.31 Å². The molecule has 134 valence electrons. The Bertz CT molecular complexity index is 657. The first-order valence-corrected chi connectivity index (χ1v) is 9.62. The lowest BCUT2D eigenvalue weighted by molar-refractivity contribution is -0.159. The molecule has 0 aromatic heterocycles. The molecule has 24 heavy (non-hydrogen) atoms. The molecule has 0 amide bonds. The van der Waals surface area contributed by atoms with Crippen molar-refractivity contribution in [2.75, 3.05) is 32.4 Å². The lowest BCUT2D eigenvalue weighted by atomic mass is 10.2. The number of hydrogen-bond acceptors (Lipinski definition) is 5. The number of carbonyl (C=O) groups is 2. The SMILES string of the molecule is CS(=O)(=O)N1CCN(Cc2ccc(Br)cc2)CC1.O=C(O)C(=O)O. The number of sulfonamides is 1. The summed E-state index contributed by atoms with van der Waals surface area (Å²) in [4.78, 5) is 20.5. The van der Waals surface area contributed by atoms with Crippen LogP contribution in [0.2, 0.25) is 0 Å². The predicted octanol–water partition coefficient (Wildman–Crippen LogP) is 0.682. The number of piperazine rings is 1. The summed E-state index contributed by atoms with van der Waals surface area (Å²) in [6.45, 7) is 3.65. The maximum absolute atomic E-state index is 11.4. The van der Waals surface area contributed by atoms with Crippen molar-refractivity contribution in [3.05, 3.63) is 34.3 Å². The van der Waals surface area contributed by atoms with Crippen molar-refractivity contribution in [3.8, 4) is 0 Å². The van der Waals surface area contributed by atoms with Gasteiger partial charge in [0.2, 0.25) is 10.0 Å². The largest absolute Gasteiger partial charge is 0.473 e. The van der Waals surface area contributed by atoms with E-state index in [9.17, 15) is 8.42 Å². The summed E-state index contributed by atoms with van der Waals surface area (Å²) >= 11 is 3.41. The molecule has 8 nitrogen and oxygen atoms in total. The molecule has 0 spiro atoms. The molecule has 10 heteroatoms. The Balaban J connectivity index is 0.000000413. The topological polar surface area (TPSA) is 115 Å². The maximum Gasteiger partial charge on any atom is 0.414 e. The molecule has 0 unspecified atom stereocenters. The van der Waals surface area contributed by atoms with E-state index in [-0.39, 0.29) is 0 Å². The average Bonchev–Trinajstić information content (AvgIpc) is 2.50. The number of hydrogen-bond donors (Lipinski definition) is 2. The molecule has 0 saturated carbocycles. The molecular weight excluding hydrogens is 404 g/mol. The summed E-state index contributed by atoms with van der Waals surface area (Å²) in [5, 5.41) is 14.8. The van der Waals surface area contributed by atoms with Crippen molar-refractivity contribution in [3.63, 3.8) is 0 Å². The van der Waals surface area contributed by atoms with Crippen LogP contribution >= 0.6 is 15.9 Å². The van der Waals surface area contributed by atoms with Gasteiger partial charge in [0, 0.05) is 37.2 Å². The molecule has 0 bridgehead atoms. The fourth-order valence-electron chi connectivity index (χ4n) is 2.07. The smallest absolute Gasteiger partial charge is 0.414 e. The highest BCUT2D eigenvalue weighted by Gasteiger charge is 2.23. The highest BCUT2D eigenvalue weighted by molar-refractivity contribution is 9.10. The number of aliphatic carboxylic acids is 2. The molecule has 1 heterocycles. The van der Waals surface area contributed by atoms with E-state index >= 15 is 0 Å². The Morgan fingerprint density at radius 3 is 1.88 bits per heavy atom. The summed E-state index contributed by atoms with van der Waals surface area (Å²) in [6.07, 6.45) is 1.28. The van der Waals surface area contributed by atoms with Gasteiger partial charge in [-0.2, -0.15) is 4.31 Å². The zero-order valence-corrected chi connectivity index (χ0v) is 15.5. The van der Waals surface area contributed by atoms with Gasteiger partial charge in [-0.25, -0.2) is 18.0 Å². The van der Waals surface area contributed by atoms with Gasteiger partial charge in [0.25, 0.3) is 0 Å². The summed E-state index contributed by atoms with van der Waals surface area (Å²) < 4.78 is 25.4. The van der Waals surface area contributed by atoms with Crippen LogP contribution in [0.25, 0.3) is 0 Å². The third kappa shape index (κ3) is 7.39. The van der Waals surface area contributed by atoms with Crippen molar-refractivity contribution in [2.24, 2.45) is 0 Å². The summed E-state index contributed by atoms with van der Waals surface area (Å²) in [6, 6.07) is 8.24. The van der Waals surface area contributed by atoms with Crippen LogP contribution in [-0.2, 0) is 26.2 Å². The van der Waals surface area contributed by atoms with Gasteiger partial charge < -0.3 is 10.2 Å². The van der Waals surface area contributed by atoms with Crippen LogP contribution in [0, 0.1) is 0 Å². The molecule has 0 atom stereocenters. The second-order valence-corrected chi connectivity index (χ2v) is 8.07. The predicted molar refractivity (Wildman–Crippen MR) is 91.1 cm³/mol. The van der Waals surface area contributed by atoms with Gasteiger partial charge >= 0.3 is 11.9 Å². The van der Waals surface area contributed by atoms with Crippen LogP contribution in [0.4, 0.5) is 0 Å². The van der Waals surface area contributed by atoms with Gasteiger partial charge in [-0.3, -0.25) is 4.90 Å². The first-order valence-electron chi connectivity index (χ1n) is 6.97. The van der Waals surface area contributed by atoms with Crippen LogP contribution < -0.4 is 0 Å². The van der Waals surface area contributed by atoms with Gasteiger partial charge in [-0.15, -0.1) is 0 Å². The zero-order valence-electron chi connectivity index (χ0n) is 13.1. The Labute approximate surface area is 148 Å². The number of nitrogens with zero attached hydrogens (tertiary/aromatic N) is 2. The van der Waals surface area contributed by atoms with Crippen molar-refractivity contribution in [1.82, 2.24) is 9.21 Å². The van der Waals surface area contributed by atoms with E-state index in [1.165, 1.54) is 11.8 Å².